The van der Waals surface area contributed by atoms with Gasteiger partial charge in [0.2, 0.25) is 0 Å². The van der Waals surface area contributed by atoms with Gasteiger partial charge in [0.05, 0.1) is 39.1 Å². The first kappa shape index (κ1) is 32.9. The maximum Gasteiger partial charge on any atom is 0.407 e. The fourth-order valence-corrected chi connectivity index (χ4v) is 4.39. The Morgan fingerprint density at radius 3 is 1.88 bits per heavy atom. The van der Waals surface area contributed by atoms with Crippen molar-refractivity contribution in [3.8, 4) is 11.1 Å². The van der Waals surface area contributed by atoms with Gasteiger partial charge in [0.1, 0.15) is 6.61 Å². The summed E-state index contributed by atoms with van der Waals surface area (Å²) < 4.78 is 43.7. The largest absolute Gasteiger partial charge is 0.449 e. The van der Waals surface area contributed by atoms with Gasteiger partial charge in [0, 0.05) is 13.0 Å². The van der Waals surface area contributed by atoms with Crippen LogP contribution in [0.5, 0.6) is 0 Å². The van der Waals surface area contributed by atoms with E-state index in [1.165, 1.54) is 22.3 Å². The number of hydrogen-bond donors (Lipinski definition) is 1. The topological polar surface area (TPSA) is 103 Å². The number of nitrogens with one attached hydrogen (secondary N) is 1. The van der Waals surface area contributed by atoms with Gasteiger partial charge in [-0.1, -0.05) is 55.5 Å². The second-order valence-electron chi connectivity index (χ2n) is 9.65. The number of amides is 1. The quantitative estimate of drug-likeness (QED) is 0.172. The molecule has 41 heavy (non-hydrogen) atoms. The van der Waals surface area contributed by atoms with Crippen molar-refractivity contribution in [1.29, 1.82) is 0 Å². The summed E-state index contributed by atoms with van der Waals surface area (Å²) in [7, 11) is 1.58. The molecule has 1 amide bonds. The molecule has 1 N–H and O–H groups in total. The highest BCUT2D eigenvalue weighted by molar-refractivity contribution is 5.79. The van der Waals surface area contributed by atoms with Gasteiger partial charge in [-0.05, 0) is 49.4 Å². The highest BCUT2D eigenvalue weighted by atomic mass is 16.8. The molecule has 4 unspecified atom stereocenters. The van der Waals surface area contributed by atoms with Gasteiger partial charge in [0.25, 0.3) is 0 Å². The van der Waals surface area contributed by atoms with Crippen molar-refractivity contribution in [1.82, 2.24) is 5.32 Å². The van der Waals surface area contributed by atoms with Crippen LogP contribution in [-0.4, -0.2) is 84.5 Å². The van der Waals surface area contributed by atoms with Crippen molar-refractivity contribution in [2.75, 3.05) is 53.5 Å². The summed E-state index contributed by atoms with van der Waals surface area (Å²) in [6.07, 6.45) is -0.930. The standard InChI is InChI=1S/C31H45NO9/c1-6-25(19-35-15-16-37-23(3)40-21-41-24(4)38-18-17-36-22(2)34-5)32-31(33)39-20-30-28-13-9-7-11-26(28)27-12-8-10-14-29(27)30/h7-14,22-25,30H,6,15-21H2,1-5H3,(H,32,33). The van der Waals surface area contributed by atoms with E-state index in [0.29, 0.717) is 39.5 Å². The van der Waals surface area contributed by atoms with Crippen LogP contribution in [0.25, 0.3) is 11.1 Å². The molecular weight excluding hydrogens is 530 g/mol. The Bertz CT molecular complexity index is 991. The molecule has 0 radical (unpaired) electrons. The summed E-state index contributed by atoms with van der Waals surface area (Å²) in [5.74, 6) is 0.0246. The highest BCUT2D eigenvalue weighted by Crippen LogP contribution is 2.44. The van der Waals surface area contributed by atoms with Crippen LogP contribution in [0.15, 0.2) is 48.5 Å². The first-order valence-electron chi connectivity index (χ1n) is 14.2. The monoisotopic (exact) mass is 575 g/mol. The Morgan fingerprint density at radius 2 is 1.32 bits per heavy atom. The number of alkyl carbamates (subject to hydrolysis) is 1. The van der Waals surface area contributed by atoms with Crippen molar-refractivity contribution >= 4 is 6.09 Å². The van der Waals surface area contributed by atoms with Crippen LogP contribution in [0.1, 0.15) is 51.2 Å². The molecule has 10 nitrogen and oxygen atoms in total. The van der Waals surface area contributed by atoms with Crippen LogP contribution in [-0.2, 0) is 37.9 Å². The molecule has 0 aliphatic heterocycles. The van der Waals surface area contributed by atoms with Gasteiger partial charge in [-0.15, -0.1) is 0 Å². The third-order valence-corrected chi connectivity index (χ3v) is 6.78. The molecule has 228 valence electrons. The van der Waals surface area contributed by atoms with E-state index in [1.54, 1.807) is 21.0 Å². The third-order valence-electron chi connectivity index (χ3n) is 6.78. The second kappa shape index (κ2) is 18.1. The molecule has 10 heteroatoms. The summed E-state index contributed by atoms with van der Waals surface area (Å²) in [6.45, 7) is 9.50. The number of fused-ring (bicyclic) bond motifs is 3. The number of benzene rings is 2. The zero-order valence-electron chi connectivity index (χ0n) is 24.8. The maximum absolute atomic E-state index is 12.6. The molecule has 0 aromatic heterocycles. The fourth-order valence-electron chi connectivity index (χ4n) is 4.39. The summed E-state index contributed by atoms with van der Waals surface area (Å²) in [5.41, 5.74) is 4.76. The van der Waals surface area contributed by atoms with E-state index in [-0.39, 0.29) is 31.6 Å². The molecule has 0 bridgehead atoms. The Kier molecular flexibility index (Phi) is 14.5. The SMILES string of the molecule is CCC(COCCOC(C)OCOC(C)OCCOC(C)OC)NC(=O)OCC1c2ccccc2-c2ccccc21. The lowest BCUT2D eigenvalue weighted by Gasteiger charge is -2.20. The van der Waals surface area contributed by atoms with Gasteiger partial charge in [0.15, 0.2) is 25.7 Å². The van der Waals surface area contributed by atoms with Crippen LogP contribution in [0, 0.1) is 0 Å². The van der Waals surface area contributed by atoms with E-state index in [0.717, 1.165) is 0 Å². The van der Waals surface area contributed by atoms with Gasteiger partial charge in [-0.25, -0.2) is 4.79 Å². The second-order valence-corrected chi connectivity index (χ2v) is 9.65. The Hall–Kier alpha value is -2.57. The Labute approximate surface area is 243 Å². The number of rotatable bonds is 20. The lowest BCUT2D eigenvalue weighted by molar-refractivity contribution is -0.241. The van der Waals surface area contributed by atoms with Crippen LogP contribution >= 0.6 is 0 Å². The molecule has 3 rings (SSSR count). The van der Waals surface area contributed by atoms with Gasteiger partial charge >= 0.3 is 6.09 Å². The van der Waals surface area contributed by atoms with Crippen LogP contribution < -0.4 is 5.32 Å². The molecule has 0 fully saturated rings. The van der Waals surface area contributed by atoms with Crippen molar-refractivity contribution in [2.45, 2.75) is 64.9 Å². The van der Waals surface area contributed by atoms with Gasteiger partial charge in [-0.3, -0.25) is 0 Å². The van der Waals surface area contributed by atoms with Gasteiger partial charge < -0.3 is 43.2 Å². The minimum Gasteiger partial charge on any atom is -0.449 e. The molecule has 0 spiro atoms. The average Bonchev–Trinajstić information content (AvgIpc) is 3.30. The molecule has 2 aromatic carbocycles. The molecule has 4 atom stereocenters. The maximum atomic E-state index is 12.6. The minimum absolute atomic E-state index is 0.0246. The van der Waals surface area contributed by atoms with Crippen molar-refractivity contribution in [2.24, 2.45) is 0 Å². The summed E-state index contributed by atoms with van der Waals surface area (Å²) >= 11 is 0. The number of methoxy groups -OCH3 is 1. The number of ether oxygens (including phenoxy) is 8. The summed E-state index contributed by atoms with van der Waals surface area (Å²) in [4.78, 5) is 12.6. The lowest BCUT2D eigenvalue weighted by atomic mass is 9.98. The molecular formula is C31H45NO9. The van der Waals surface area contributed by atoms with Crippen LogP contribution in [0.4, 0.5) is 4.79 Å². The summed E-state index contributed by atoms with van der Waals surface area (Å²) in [5, 5.41) is 2.91. The number of hydrogen-bond acceptors (Lipinski definition) is 9. The normalized spacial score (nSPS) is 15.5. The van der Waals surface area contributed by atoms with Crippen LogP contribution in [0.3, 0.4) is 0 Å². The minimum atomic E-state index is -0.474. The fraction of sp³-hybridized carbons (Fsp3) is 0.581. The van der Waals surface area contributed by atoms with Crippen molar-refractivity contribution in [3.63, 3.8) is 0 Å². The molecule has 0 saturated heterocycles. The first-order valence-corrected chi connectivity index (χ1v) is 14.2. The van der Waals surface area contributed by atoms with E-state index in [1.807, 2.05) is 38.1 Å². The average molecular weight is 576 g/mol. The molecule has 2 aromatic rings. The molecule has 1 aliphatic rings. The predicted octanol–water partition coefficient (Wildman–Crippen LogP) is 5.05. The lowest BCUT2D eigenvalue weighted by Crippen LogP contribution is -2.39. The first-order chi connectivity index (χ1) is 19.9. The summed E-state index contributed by atoms with van der Waals surface area (Å²) in [6, 6.07) is 16.4. The van der Waals surface area contributed by atoms with Gasteiger partial charge in [-0.2, -0.15) is 0 Å². The number of carbonyl (C=O) groups is 1. The molecule has 1 aliphatic carbocycles. The van der Waals surface area contributed by atoms with E-state index in [4.69, 9.17) is 37.9 Å². The zero-order chi connectivity index (χ0) is 29.5. The molecule has 0 saturated carbocycles. The Morgan fingerprint density at radius 1 is 0.780 bits per heavy atom. The molecule has 0 heterocycles. The number of carbonyl (C=O) groups excluding carboxylic acids is 1. The van der Waals surface area contributed by atoms with E-state index in [9.17, 15) is 4.79 Å². The van der Waals surface area contributed by atoms with Crippen molar-refractivity contribution in [3.05, 3.63) is 59.7 Å². The van der Waals surface area contributed by atoms with E-state index >= 15 is 0 Å². The highest BCUT2D eigenvalue weighted by Gasteiger charge is 2.29. The zero-order valence-corrected chi connectivity index (χ0v) is 24.8. The third kappa shape index (κ3) is 11.0. The van der Waals surface area contributed by atoms with E-state index < -0.39 is 18.7 Å². The predicted molar refractivity (Wildman–Crippen MR) is 153 cm³/mol. The van der Waals surface area contributed by atoms with Crippen molar-refractivity contribution < 1.29 is 42.7 Å². The Balaban J connectivity index is 1.25. The van der Waals surface area contributed by atoms with Crippen LogP contribution in [0.2, 0.25) is 0 Å². The van der Waals surface area contributed by atoms with E-state index in [2.05, 4.69) is 29.6 Å². The smallest absolute Gasteiger partial charge is 0.407 e.